The van der Waals surface area contributed by atoms with Crippen molar-refractivity contribution in [1.82, 2.24) is 9.97 Å². The number of fused-ring (bicyclic) bond motifs is 1. The molecular formula is C27H29N5O. The molecule has 1 atom stereocenters. The van der Waals surface area contributed by atoms with Gasteiger partial charge in [-0.25, -0.2) is 4.98 Å². The zero-order valence-corrected chi connectivity index (χ0v) is 19.1. The highest BCUT2D eigenvalue weighted by molar-refractivity contribution is 5.91. The second-order valence-corrected chi connectivity index (χ2v) is 8.62. The Bertz CT molecular complexity index is 1310. The van der Waals surface area contributed by atoms with Gasteiger partial charge < -0.3 is 21.1 Å². The molecule has 0 spiro atoms. The molecule has 0 saturated carbocycles. The maximum atomic E-state index is 6.77. The average molecular weight is 440 g/mol. The Morgan fingerprint density at radius 3 is 2.55 bits per heavy atom. The van der Waals surface area contributed by atoms with E-state index < -0.39 is 0 Å². The van der Waals surface area contributed by atoms with Crippen LogP contribution in [0, 0.1) is 13.8 Å². The molecule has 0 radical (unpaired) electrons. The zero-order chi connectivity index (χ0) is 22.9. The molecular weight excluding hydrogens is 410 g/mol. The highest BCUT2D eigenvalue weighted by atomic mass is 16.5. The lowest BCUT2D eigenvalue weighted by atomic mass is 9.88. The number of morpholine rings is 1. The van der Waals surface area contributed by atoms with Gasteiger partial charge >= 0.3 is 0 Å². The number of rotatable bonds is 4. The molecule has 0 bridgehead atoms. The first-order valence-electron chi connectivity index (χ1n) is 11.3. The summed E-state index contributed by atoms with van der Waals surface area (Å²) in [5.74, 6) is 0.557. The molecule has 33 heavy (non-hydrogen) atoms. The monoisotopic (exact) mass is 439 g/mol. The van der Waals surface area contributed by atoms with Gasteiger partial charge in [0.25, 0.3) is 0 Å². The number of nitrogens with zero attached hydrogens (tertiary/aromatic N) is 3. The maximum absolute atomic E-state index is 6.77. The molecule has 1 fully saturated rings. The van der Waals surface area contributed by atoms with E-state index in [0.29, 0.717) is 19.0 Å². The smallest absolute Gasteiger partial charge is 0.147 e. The van der Waals surface area contributed by atoms with Crippen molar-refractivity contribution in [3.8, 4) is 11.1 Å². The Hall–Kier alpha value is -3.48. The molecule has 168 valence electrons. The molecule has 4 N–H and O–H groups in total. The van der Waals surface area contributed by atoms with E-state index >= 15 is 0 Å². The van der Waals surface area contributed by atoms with Crippen LogP contribution in [0.5, 0.6) is 0 Å². The van der Waals surface area contributed by atoms with Crippen LogP contribution in [0.25, 0.3) is 22.0 Å². The van der Waals surface area contributed by atoms with Crippen LogP contribution in [0.15, 0.2) is 60.8 Å². The van der Waals surface area contributed by atoms with Crippen LogP contribution in [0.3, 0.4) is 0 Å². The van der Waals surface area contributed by atoms with E-state index in [4.69, 9.17) is 16.2 Å². The van der Waals surface area contributed by atoms with Crippen molar-refractivity contribution in [1.29, 1.82) is 0 Å². The fraction of sp³-hybridized carbons (Fsp3) is 0.259. The third-order valence-electron chi connectivity index (χ3n) is 6.45. The predicted octanol–water partition coefficient (Wildman–Crippen LogP) is 4.38. The number of nitrogen functional groups attached to an aromatic ring is 1. The summed E-state index contributed by atoms with van der Waals surface area (Å²) in [6.45, 7) is 7.22. The summed E-state index contributed by atoms with van der Waals surface area (Å²) < 4.78 is 5.50. The normalized spacial score (nSPS) is 15.1. The number of anilines is 2. The second kappa shape index (κ2) is 8.81. The second-order valence-electron chi connectivity index (χ2n) is 8.62. The van der Waals surface area contributed by atoms with E-state index in [1.54, 1.807) is 6.20 Å². The van der Waals surface area contributed by atoms with Gasteiger partial charge in [0.05, 0.1) is 36.2 Å². The van der Waals surface area contributed by atoms with Gasteiger partial charge in [0.15, 0.2) is 0 Å². The fourth-order valence-corrected chi connectivity index (χ4v) is 4.71. The minimum absolute atomic E-state index is 0.315. The van der Waals surface area contributed by atoms with Crippen LogP contribution in [0.2, 0.25) is 0 Å². The lowest BCUT2D eigenvalue weighted by Gasteiger charge is -2.29. The lowest BCUT2D eigenvalue weighted by Crippen LogP contribution is -2.36. The largest absolute Gasteiger partial charge is 0.382 e. The quantitative estimate of drug-likeness (QED) is 0.490. The Morgan fingerprint density at radius 1 is 0.970 bits per heavy atom. The van der Waals surface area contributed by atoms with E-state index in [-0.39, 0.29) is 6.04 Å². The minimum Gasteiger partial charge on any atom is -0.382 e. The maximum Gasteiger partial charge on any atom is 0.147 e. The van der Waals surface area contributed by atoms with Gasteiger partial charge in [0.2, 0.25) is 0 Å². The van der Waals surface area contributed by atoms with Crippen molar-refractivity contribution in [2.45, 2.75) is 19.9 Å². The minimum atomic E-state index is -0.315. The van der Waals surface area contributed by atoms with Crippen LogP contribution in [-0.4, -0.2) is 36.3 Å². The predicted molar refractivity (Wildman–Crippen MR) is 134 cm³/mol. The molecule has 4 aromatic rings. The van der Waals surface area contributed by atoms with Crippen LogP contribution in [0.4, 0.5) is 11.5 Å². The molecule has 6 nitrogen and oxygen atoms in total. The highest BCUT2D eigenvalue weighted by Gasteiger charge is 2.20. The topological polar surface area (TPSA) is 90.3 Å². The van der Waals surface area contributed by atoms with Gasteiger partial charge in [0, 0.05) is 24.7 Å². The first-order chi connectivity index (χ1) is 16.0. The highest BCUT2D eigenvalue weighted by Crippen LogP contribution is 2.36. The van der Waals surface area contributed by atoms with Crippen molar-refractivity contribution in [2.75, 3.05) is 36.9 Å². The molecule has 1 aliphatic heterocycles. The van der Waals surface area contributed by atoms with Crippen LogP contribution < -0.4 is 16.4 Å². The third kappa shape index (κ3) is 4.03. The first kappa shape index (κ1) is 21.4. The number of ether oxygens (including phenoxy) is 1. The fourth-order valence-electron chi connectivity index (χ4n) is 4.71. The van der Waals surface area contributed by atoms with Gasteiger partial charge in [-0.05, 0) is 65.9 Å². The molecule has 1 unspecified atom stereocenters. The average Bonchev–Trinajstić information content (AvgIpc) is 2.84. The van der Waals surface area contributed by atoms with Crippen LogP contribution in [-0.2, 0) is 4.74 Å². The number of nitrogens with two attached hydrogens (primary N) is 2. The van der Waals surface area contributed by atoms with Gasteiger partial charge in [0.1, 0.15) is 5.82 Å². The Labute approximate surface area is 194 Å². The Balaban J connectivity index is 1.62. The van der Waals surface area contributed by atoms with Crippen molar-refractivity contribution in [3.05, 3.63) is 83.2 Å². The van der Waals surface area contributed by atoms with Gasteiger partial charge in [-0.1, -0.05) is 30.3 Å². The van der Waals surface area contributed by atoms with Crippen LogP contribution >= 0.6 is 0 Å². The summed E-state index contributed by atoms with van der Waals surface area (Å²) in [5.41, 5.74) is 21.4. The van der Waals surface area contributed by atoms with E-state index in [1.807, 2.05) is 12.1 Å². The van der Waals surface area contributed by atoms with Crippen molar-refractivity contribution < 1.29 is 4.74 Å². The number of pyridine rings is 2. The molecule has 3 heterocycles. The number of hydrogen-bond donors (Lipinski definition) is 2. The summed E-state index contributed by atoms with van der Waals surface area (Å²) in [6, 6.07) is 18.4. The summed E-state index contributed by atoms with van der Waals surface area (Å²) in [4.78, 5) is 11.5. The summed E-state index contributed by atoms with van der Waals surface area (Å²) in [6.07, 6.45) is 1.80. The number of aromatic nitrogens is 2. The third-order valence-corrected chi connectivity index (χ3v) is 6.45. The van der Waals surface area contributed by atoms with E-state index in [2.05, 4.69) is 71.2 Å². The standard InChI is InChI=1S/C27H29N5O/c1-17-5-3-7-21(25(28)26-18(2)6-4-10-30-26)24(17)19-8-9-22-20(15-19)16-23(27(29)31-22)32-11-13-33-14-12-32/h3-10,15-16,25H,11-14,28H2,1-2H3,(H2,29,31). The zero-order valence-electron chi connectivity index (χ0n) is 19.1. The molecule has 0 aliphatic carbocycles. The van der Waals surface area contributed by atoms with Crippen molar-refractivity contribution in [3.63, 3.8) is 0 Å². The number of aryl methyl sites for hydroxylation is 2. The summed E-state index contributed by atoms with van der Waals surface area (Å²) in [5, 5.41) is 1.06. The molecule has 6 heteroatoms. The Kier molecular flexibility index (Phi) is 5.70. The van der Waals surface area contributed by atoms with E-state index in [1.165, 1.54) is 5.56 Å². The molecule has 1 saturated heterocycles. The number of benzene rings is 2. The summed E-state index contributed by atoms with van der Waals surface area (Å²) >= 11 is 0. The molecule has 5 rings (SSSR count). The Morgan fingerprint density at radius 2 is 1.76 bits per heavy atom. The molecule has 2 aromatic heterocycles. The van der Waals surface area contributed by atoms with Crippen molar-refractivity contribution in [2.24, 2.45) is 5.73 Å². The number of hydrogen-bond acceptors (Lipinski definition) is 6. The molecule has 0 amide bonds. The SMILES string of the molecule is Cc1cccnc1C(N)c1cccc(C)c1-c1ccc2nc(N)c(N3CCOCC3)cc2c1. The van der Waals surface area contributed by atoms with Gasteiger partial charge in [-0.15, -0.1) is 0 Å². The lowest BCUT2D eigenvalue weighted by molar-refractivity contribution is 0.123. The van der Waals surface area contributed by atoms with Gasteiger partial charge in [-0.2, -0.15) is 0 Å². The molecule has 1 aliphatic rings. The van der Waals surface area contributed by atoms with Crippen molar-refractivity contribution >= 4 is 22.4 Å². The van der Waals surface area contributed by atoms with Crippen LogP contribution in [0.1, 0.15) is 28.4 Å². The molecule has 2 aromatic carbocycles. The first-order valence-corrected chi connectivity index (χ1v) is 11.3. The van der Waals surface area contributed by atoms with Gasteiger partial charge in [-0.3, -0.25) is 4.98 Å². The van der Waals surface area contributed by atoms with E-state index in [9.17, 15) is 0 Å². The summed E-state index contributed by atoms with van der Waals surface area (Å²) in [7, 11) is 0. The van der Waals surface area contributed by atoms with E-state index in [0.717, 1.165) is 57.6 Å².